The van der Waals surface area contributed by atoms with Crippen LogP contribution in [0.2, 0.25) is 78.6 Å². The molecular weight excluding hydrogens is 1250 g/mol. The summed E-state index contributed by atoms with van der Waals surface area (Å²) < 4.78 is 0. The summed E-state index contributed by atoms with van der Waals surface area (Å²) in [6.07, 6.45) is 25.9. The van der Waals surface area contributed by atoms with Gasteiger partial charge in [0.05, 0.1) is 0 Å². The average molecular weight is 1350 g/mol. The Morgan fingerprint density at radius 2 is 0.412 bits per heavy atom. The molecule has 0 N–H and O–H groups in total. The van der Waals surface area contributed by atoms with Crippen LogP contribution in [0.4, 0.5) is 0 Å². The molecule has 8 rings (SSSR count). The van der Waals surface area contributed by atoms with Gasteiger partial charge in [0.1, 0.15) is 0 Å². The van der Waals surface area contributed by atoms with Crippen molar-refractivity contribution in [3.8, 4) is 0 Å². The quantitative estimate of drug-likeness (QED) is 0.0766. The Labute approximate surface area is 534 Å². The third-order valence-corrected chi connectivity index (χ3v) is 16.9. The van der Waals surface area contributed by atoms with E-state index >= 15 is 0 Å². The van der Waals surface area contributed by atoms with E-state index in [2.05, 4.69) is 200 Å². The van der Waals surface area contributed by atoms with Gasteiger partial charge in [-0.1, -0.05) is 352 Å². The fourth-order valence-electron chi connectivity index (χ4n) is 9.82. The van der Waals surface area contributed by atoms with Gasteiger partial charge in [0.25, 0.3) is 0 Å². The maximum Gasteiger partial charge on any atom is 1.00 e. The molecule has 0 radical (unpaired) electrons. The molecule has 0 amide bonds. The van der Waals surface area contributed by atoms with Crippen LogP contribution in [0.15, 0.2) is 141 Å². The van der Waals surface area contributed by atoms with Crippen molar-refractivity contribution < 1.29 is 68.3 Å². The van der Waals surface area contributed by atoms with Crippen molar-refractivity contribution in [2.75, 3.05) is 0 Å². The van der Waals surface area contributed by atoms with Gasteiger partial charge in [0, 0.05) is 32.9 Å². The number of hydrogen-bond acceptors (Lipinski definition) is 4. The van der Waals surface area contributed by atoms with Gasteiger partial charge in [0.2, 0.25) is 0 Å². The van der Waals surface area contributed by atoms with Gasteiger partial charge < -0.3 is 39.9 Å². The molecule has 4 aromatic rings. The molecule has 8 nitrogen and oxygen atoms in total. The minimum atomic E-state index is -1.49. The molecule has 80 heavy (non-hydrogen) atoms. The third-order valence-electron chi connectivity index (χ3n) is 13.4. The fraction of sp³-hybridized carbons (Fsp3) is 0.562. The molecule has 0 unspecified atom stereocenters. The van der Waals surface area contributed by atoms with Crippen LogP contribution in [0.3, 0.4) is 0 Å². The van der Waals surface area contributed by atoms with Crippen molar-refractivity contribution in [1.29, 1.82) is 0 Å². The smallest absolute Gasteiger partial charge is 0.472 e. The Balaban J connectivity index is 0.000000525. The number of nitrogens with zero attached hydrogens (tertiary/aromatic N) is 8. The van der Waals surface area contributed by atoms with Crippen LogP contribution < -0.4 is 0 Å². The summed E-state index contributed by atoms with van der Waals surface area (Å²) in [5, 5.41) is 0. The third kappa shape index (κ3) is 32.7. The van der Waals surface area contributed by atoms with E-state index < -0.39 is 32.9 Å². The maximum atomic E-state index is 4.98. The van der Waals surface area contributed by atoms with E-state index in [0.717, 1.165) is 23.3 Å². The van der Waals surface area contributed by atoms with Crippen LogP contribution >= 0.6 is 0 Å². The SMILES string of the molecule is C[Si](C)(C)[N-]C(=NC1CCCCC1)c1ccccc1.C[Si](C)(C)[N-]C(=NC1CCCCC1)c1ccccc1.C[Si](C)(C)[N-]C(=NC1CCCCC1)c1ccccc1.C[Si](C)(C)[N-]C(=NC1CCCCC1)c1ccccc1.[Cu+].[Cu+].[Cu+].[Cu+]. The zero-order valence-electron chi connectivity index (χ0n) is 50.8. The minimum absolute atomic E-state index is 0. The van der Waals surface area contributed by atoms with Crippen LogP contribution in [0.5, 0.6) is 0 Å². The molecular formula is C64H100Cu4N8Si4. The average Bonchev–Trinajstić information content (AvgIpc) is 3.39. The van der Waals surface area contributed by atoms with Crippen LogP contribution in [-0.4, -0.2) is 80.5 Å². The molecule has 0 atom stereocenters. The van der Waals surface area contributed by atoms with E-state index in [4.69, 9.17) is 39.9 Å². The molecule has 16 heteroatoms. The van der Waals surface area contributed by atoms with Gasteiger partial charge in [0.15, 0.2) is 0 Å². The van der Waals surface area contributed by atoms with Crippen molar-refractivity contribution >= 4 is 56.3 Å². The van der Waals surface area contributed by atoms with Crippen LogP contribution in [0.1, 0.15) is 151 Å². The van der Waals surface area contributed by atoms with Gasteiger partial charge in [-0.2, -0.15) is 0 Å². The summed E-state index contributed by atoms with van der Waals surface area (Å²) in [6.45, 7) is 27.2. The first-order valence-electron chi connectivity index (χ1n) is 29.6. The number of rotatable bonds is 12. The summed E-state index contributed by atoms with van der Waals surface area (Å²) in [5.41, 5.74) is 4.71. The zero-order chi connectivity index (χ0) is 54.9. The van der Waals surface area contributed by atoms with E-state index in [0.29, 0.717) is 24.2 Å². The predicted octanol–water partition coefficient (Wildman–Crippen LogP) is 19.9. The van der Waals surface area contributed by atoms with Crippen molar-refractivity contribution in [3.63, 3.8) is 0 Å². The Kier molecular flexibility index (Phi) is 37.2. The van der Waals surface area contributed by atoms with Crippen molar-refractivity contribution in [2.24, 2.45) is 20.0 Å². The molecule has 4 aliphatic rings. The number of hydrogen-bond donors (Lipinski definition) is 0. The van der Waals surface area contributed by atoms with Crippen LogP contribution in [0, 0.1) is 0 Å². The first kappa shape index (κ1) is 75.7. The van der Waals surface area contributed by atoms with Crippen LogP contribution in [0.25, 0.3) is 19.9 Å². The van der Waals surface area contributed by atoms with Crippen molar-refractivity contribution in [3.05, 3.63) is 164 Å². The topological polar surface area (TPSA) is 106 Å². The molecule has 456 valence electrons. The first-order valence-corrected chi connectivity index (χ1v) is 43.4. The van der Waals surface area contributed by atoms with E-state index in [-0.39, 0.29) is 68.3 Å². The van der Waals surface area contributed by atoms with Gasteiger partial charge in [-0.05, 0) is 46.4 Å². The molecule has 0 saturated heterocycles. The van der Waals surface area contributed by atoms with E-state index in [9.17, 15) is 0 Å². The number of amidine groups is 4. The Bertz CT molecular complexity index is 2010. The number of aliphatic imine (C=N–C) groups is 4. The van der Waals surface area contributed by atoms with Crippen molar-refractivity contribution in [1.82, 2.24) is 0 Å². The van der Waals surface area contributed by atoms with E-state index in [1.807, 2.05) is 0 Å². The van der Waals surface area contributed by atoms with Gasteiger partial charge in [-0.25, -0.2) is 0 Å². The second-order valence-electron chi connectivity index (χ2n) is 25.6. The predicted molar refractivity (Wildman–Crippen MR) is 346 cm³/mol. The molecule has 0 aliphatic heterocycles. The normalized spacial score (nSPS) is 17.4. The van der Waals surface area contributed by atoms with Crippen molar-refractivity contribution in [2.45, 2.75) is 231 Å². The summed E-state index contributed by atoms with van der Waals surface area (Å²) in [6, 6.07) is 43.8. The van der Waals surface area contributed by atoms with E-state index in [1.165, 1.54) is 151 Å². The van der Waals surface area contributed by atoms with Gasteiger partial charge in [-0.15, -0.1) is 0 Å². The van der Waals surface area contributed by atoms with Gasteiger partial charge >= 0.3 is 68.3 Å². The monoisotopic (exact) mass is 1340 g/mol. The Morgan fingerprint density at radius 3 is 0.550 bits per heavy atom. The summed E-state index contributed by atoms with van der Waals surface area (Å²) >= 11 is 0. The minimum Gasteiger partial charge on any atom is -0.472 e. The second-order valence-corrected chi connectivity index (χ2v) is 43.8. The van der Waals surface area contributed by atoms with Crippen LogP contribution in [-0.2, 0) is 68.3 Å². The van der Waals surface area contributed by atoms with Gasteiger partial charge in [-0.3, -0.25) is 0 Å². The fourth-order valence-corrected chi connectivity index (χ4v) is 13.1. The molecule has 0 heterocycles. The summed E-state index contributed by atoms with van der Waals surface area (Å²) in [4.78, 5) is 39.8. The Hall–Kier alpha value is -2.29. The zero-order valence-corrected chi connectivity index (χ0v) is 58.5. The first-order chi connectivity index (χ1) is 36.2. The number of benzene rings is 4. The maximum absolute atomic E-state index is 4.98. The molecule has 0 spiro atoms. The summed E-state index contributed by atoms with van der Waals surface area (Å²) in [7, 11) is -5.97. The second kappa shape index (κ2) is 39.3. The largest absolute Gasteiger partial charge is 1.00 e. The standard InChI is InChI=1S/4C16H25N2Si.4Cu/c4*1-19(2,3)18-16(14-10-6-4-7-11-14)17-15-12-8-5-9-13-15;;;;/h4*4,6-7,10-11,15H,5,8-9,12-13H2,1-3H3;;;;/q4*-1;4*+1. The molecule has 4 saturated carbocycles. The molecule has 4 aliphatic carbocycles. The Morgan fingerprint density at radius 1 is 0.263 bits per heavy atom. The van der Waals surface area contributed by atoms with E-state index in [1.54, 1.807) is 0 Å². The molecule has 4 aromatic carbocycles. The molecule has 0 bridgehead atoms. The molecule has 0 aromatic heterocycles. The molecule has 4 fully saturated rings. The summed E-state index contributed by atoms with van der Waals surface area (Å²) in [5.74, 6) is 3.97.